The van der Waals surface area contributed by atoms with Crippen LogP contribution in [0.4, 0.5) is 0 Å². The molecule has 0 spiro atoms. The summed E-state index contributed by atoms with van der Waals surface area (Å²) in [6.07, 6.45) is 1.17. The van der Waals surface area contributed by atoms with Crippen LogP contribution in [0.15, 0.2) is 18.2 Å². The molecule has 8 heteroatoms. The van der Waals surface area contributed by atoms with Crippen molar-refractivity contribution in [1.82, 2.24) is 10.2 Å². The smallest absolute Gasteiger partial charge is 0.414 e. The Morgan fingerprint density at radius 2 is 1.69 bits per heavy atom. The molecule has 3 N–H and O–H groups in total. The van der Waals surface area contributed by atoms with Gasteiger partial charge in [0.1, 0.15) is 11.5 Å². The van der Waals surface area contributed by atoms with Gasteiger partial charge in [-0.05, 0) is 38.7 Å². The molecule has 0 aliphatic rings. The zero-order valence-electron chi connectivity index (χ0n) is 15.9. The molecule has 26 heavy (non-hydrogen) atoms. The lowest BCUT2D eigenvalue weighted by atomic mass is 10.2. The van der Waals surface area contributed by atoms with E-state index in [1.54, 1.807) is 14.2 Å². The maximum atomic E-state index is 9.10. The second-order valence-corrected chi connectivity index (χ2v) is 5.35. The summed E-state index contributed by atoms with van der Waals surface area (Å²) in [5.41, 5.74) is 1.16. The van der Waals surface area contributed by atoms with Crippen molar-refractivity contribution >= 4 is 11.9 Å². The van der Waals surface area contributed by atoms with Gasteiger partial charge in [-0.25, -0.2) is 9.59 Å². The van der Waals surface area contributed by atoms with Crippen LogP contribution in [-0.2, 0) is 16.1 Å². The molecule has 148 valence electrons. The van der Waals surface area contributed by atoms with Crippen LogP contribution in [0.5, 0.6) is 11.5 Å². The van der Waals surface area contributed by atoms with Gasteiger partial charge < -0.3 is 29.9 Å². The van der Waals surface area contributed by atoms with E-state index in [2.05, 4.69) is 30.1 Å². The highest BCUT2D eigenvalue weighted by Crippen LogP contribution is 2.24. The average molecular weight is 370 g/mol. The summed E-state index contributed by atoms with van der Waals surface area (Å²) < 4.78 is 10.6. The van der Waals surface area contributed by atoms with Crippen molar-refractivity contribution in [3.8, 4) is 11.5 Å². The Morgan fingerprint density at radius 3 is 2.15 bits per heavy atom. The largest absolute Gasteiger partial charge is 0.497 e. The highest BCUT2D eigenvalue weighted by molar-refractivity contribution is 6.27. The number of aliphatic carboxylic acids is 2. The molecule has 0 saturated heterocycles. The molecule has 0 aliphatic carbocycles. The Kier molecular flexibility index (Phi) is 12.7. The molecule has 0 bridgehead atoms. The van der Waals surface area contributed by atoms with E-state index in [9.17, 15) is 0 Å². The Hall–Kier alpha value is -2.32. The third-order valence-corrected chi connectivity index (χ3v) is 3.71. The molecule has 1 aromatic rings. The Labute approximate surface area is 154 Å². The SMILES string of the molecule is CCN(CC)CCCNCc1ccc(OC)cc1OC.O=C(O)C(=O)O. The number of carboxylic acid groups (broad SMARTS) is 2. The van der Waals surface area contributed by atoms with Gasteiger partial charge in [0.25, 0.3) is 0 Å². The van der Waals surface area contributed by atoms with Gasteiger partial charge in [-0.15, -0.1) is 0 Å². The number of carboxylic acids is 2. The summed E-state index contributed by atoms with van der Waals surface area (Å²) in [6, 6.07) is 5.94. The minimum absolute atomic E-state index is 0.825. The van der Waals surface area contributed by atoms with E-state index >= 15 is 0 Å². The summed E-state index contributed by atoms with van der Waals surface area (Å²) >= 11 is 0. The fourth-order valence-electron chi connectivity index (χ4n) is 2.19. The first-order chi connectivity index (χ1) is 12.4. The Bertz CT molecular complexity index is 534. The first-order valence-electron chi connectivity index (χ1n) is 8.49. The van der Waals surface area contributed by atoms with E-state index in [1.165, 1.54) is 6.42 Å². The monoisotopic (exact) mass is 370 g/mol. The van der Waals surface area contributed by atoms with Crippen LogP contribution in [-0.4, -0.2) is 67.5 Å². The van der Waals surface area contributed by atoms with Crippen LogP contribution >= 0.6 is 0 Å². The number of hydrogen-bond donors (Lipinski definition) is 3. The molecule has 0 aliphatic heterocycles. The van der Waals surface area contributed by atoms with Crippen molar-refractivity contribution in [3.63, 3.8) is 0 Å². The number of ether oxygens (including phenoxy) is 2. The van der Waals surface area contributed by atoms with E-state index in [1.807, 2.05) is 12.1 Å². The van der Waals surface area contributed by atoms with Crippen molar-refractivity contribution in [2.24, 2.45) is 0 Å². The van der Waals surface area contributed by atoms with Crippen LogP contribution < -0.4 is 14.8 Å². The predicted molar refractivity (Wildman–Crippen MR) is 98.9 cm³/mol. The van der Waals surface area contributed by atoms with Crippen molar-refractivity contribution < 1.29 is 29.3 Å². The topological polar surface area (TPSA) is 108 Å². The molecule has 1 aromatic carbocycles. The van der Waals surface area contributed by atoms with Crippen LogP contribution in [0.3, 0.4) is 0 Å². The lowest BCUT2D eigenvalue weighted by molar-refractivity contribution is -0.159. The van der Waals surface area contributed by atoms with Gasteiger partial charge in [-0.3, -0.25) is 0 Å². The van der Waals surface area contributed by atoms with E-state index in [0.29, 0.717) is 0 Å². The molecule has 0 amide bonds. The molecule has 0 fully saturated rings. The highest BCUT2D eigenvalue weighted by Gasteiger charge is 2.05. The molecule has 0 unspecified atom stereocenters. The number of rotatable bonds is 10. The third kappa shape index (κ3) is 9.85. The zero-order chi connectivity index (χ0) is 19.9. The molecule has 0 radical (unpaired) electrons. The van der Waals surface area contributed by atoms with Crippen molar-refractivity contribution in [2.45, 2.75) is 26.8 Å². The zero-order valence-corrected chi connectivity index (χ0v) is 15.9. The van der Waals surface area contributed by atoms with E-state index < -0.39 is 11.9 Å². The summed E-state index contributed by atoms with van der Waals surface area (Å²) in [6.45, 7) is 9.67. The standard InChI is InChI=1S/C16H28N2O2.C2H2O4/c1-5-18(6-2)11-7-10-17-13-14-8-9-15(19-3)12-16(14)20-4;3-1(4)2(5)6/h8-9,12,17H,5-7,10-11,13H2,1-4H3;(H,3,4)(H,5,6). The second kappa shape index (κ2) is 13.9. The van der Waals surface area contributed by atoms with Crippen molar-refractivity contribution in [3.05, 3.63) is 23.8 Å². The first-order valence-corrected chi connectivity index (χ1v) is 8.49. The van der Waals surface area contributed by atoms with Gasteiger partial charge in [0.2, 0.25) is 0 Å². The third-order valence-electron chi connectivity index (χ3n) is 3.71. The molecule has 0 atom stereocenters. The van der Waals surface area contributed by atoms with Gasteiger partial charge in [-0.2, -0.15) is 0 Å². The summed E-state index contributed by atoms with van der Waals surface area (Å²) in [5.74, 6) is -1.95. The van der Waals surface area contributed by atoms with E-state index in [4.69, 9.17) is 29.3 Å². The number of nitrogens with zero attached hydrogens (tertiary/aromatic N) is 1. The number of benzene rings is 1. The minimum atomic E-state index is -1.82. The number of methoxy groups -OCH3 is 2. The normalized spacial score (nSPS) is 10.0. The van der Waals surface area contributed by atoms with E-state index in [-0.39, 0.29) is 0 Å². The number of carbonyl (C=O) groups is 2. The molecule has 8 nitrogen and oxygen atoms in total. The molecule has 1 rings (SSSR count). The second-order valence-electron chi connectivity index (χ2n) is 5.35. The van der Waals surface area contributed by atoms with Gasteiger partial charge in [-0.1, -0.05) is 19.9 Å². The number of nitrogens with one attached hydrogen (secondary N) is 1. The van der Waals surface area contributed by atoms with Crippen molar-refractivity contribution in [2.75, 3.05) is 40.4 Å². The summed E-state index contributed by atoms with van der Waals surface area (Å²) in [7, 11) is 3.36. The van der Waals surface area contributed by atoms with Gasteiger partial charge >= 0.3 is 11.9 Å². The number of hydrogen-bond acceptors (Lipinski definition) is 6. The fourth-order valence-corrected chi connectivity index (χ4v) is 2.19. The van der Waals surface area contributed by atoms with Crippen molar-refractivity contribution in [1.29, 1.82) is 0 Å². The molecule has 0 aromatic heterocycles. The molecular weight excluding hydrogens is 340 g/mol. The maximum Gasteiger partial charge on any atom is 0.414 e. The van der Waals surface area contributed by atoms with Gasteiger partial charge in [0.05, 0.1) is 14.2 Å². The lowest BCUT2D eigenvalue weighted by Gasteiger charge is -2.18. The maximum absolute atomic E-state index is 9.10. The lowest BCUT2D eigenvalue weighted by Crippen LogP contribution is -2.27. The van der Waals surface area contributed by atoms with E-state index in [0.717, 1.165) is 49.8 Å². The van der Waals surface area contributed by atoms with Crippen LogP contribution in [0.25, 0.3) is 0 Å². The molecular formula is C18H30N2O6. The predicted octanol–water partition coefficient (Wildman–Crippen LogP) is 1.68. The quantitative estimate of drug-likeness (QED) is 0.422. The van der Waals surface area contributed by atoms with Crippen LogP contribution in [0, 0.1) is 0 Å². The highest BCUT2D eigenvalue weighted by atomic mass is 16.5. The first kappa shape index (κ1) is 23.7. The van der Waals surface area contributed by atoms with Gasteiger partial charge in [0.15, 0.2) is 0 Å². The summed E-state index contributed by atoms with van der Waals surface area (Å²) in [5, 5.41) is 18.3. The van der Waals surface area contributed by atoms with Gasteiger partial charge in [0, 0.05) is 18.2 Å². The molecule has 0 heterocycles. The average Bonchev–Trinajstić information content (AvgIpc) is 2.65. The van der Waals surface area contributed by atoms with Crippen LogP contribution in [0.1, 0.15) is 25.8 Å². The Morgan fingerprint density at radius 1 is 1.08 bits per heavy atom. The fraction of sp³-hybridized carbons (Fsp3) is 0.556. The molecule has 0 saturated carbocycles. The Balaban J connectivity index is 0.000000896. The minimum Gasteiger partial charge on any atom is -0.497 e. The summed E-state index contributed by atoms with van der Waals surface area (Å²) in [4.78, 5) is 20.6. The van der Waals surface area contributed by atoms with Crippen LogP contribution in [0.2, 0.25) is 0 Å².